The summed E-state index contributed by atoms with van der Waals surface area (Å²) < 4.78 is 16.4. The number of rotatable bonds is 9. The number of allylic oxidation sites excluding steroid dienone is 2. The predicted molar refractivity (Wildman–Crippen MR) is 214 cm³/mol. The first-order chi connectivity index (χ1) is 24.5. The topological polar surface area (TPSA) is 19.6 Å². The molecule has 0 aliphatic rings. The van der Waals surface area contributed by atoms with Gasteiger partial charge in [-0.3, -0.25) is 0 Å². The number of para-hydroxylation sites is 4. The molecule has 0 spiro atoms. The third-order valence-electron chi connectivity index (χ3n) is 9.30. The first-order valence-electron chi connectivity index (χ1n) is 16.8. The van der Waals surface area contributed by atoms with E-state index in [1.165, 1.54) is 71.4 Å². The summed E-state index contributed by atoms with van der Waals surface area (Å²) in [7, 11) is 4.32. The maximum absolute atomic E-state index is 4.49. The molecule has 0 amide bonds. The molecule has 0 N–H and O–H groups in total. The number of hydrogen-bond acceptors (Lipinski definition) is 4. The molecule has 0 atom stereocenters. The Morgan fingerprint density at radius 1 is 0.500 bits per heavy atom. The van der Waals surface area contributed by atoms with Crippen molar-refractivity contribution in [3.8, 4) is 0 Å². The monoisotopic (exact) mass is 726 g/mol. The van der Waals surface area contributed by atoms with Gasteiger partial charge in [-0.25, -0.2) is 0 Å². The third-order valence-corrected chi connectivity index (χ3v) is 14.2. The number of hydrogen-bond donors (Lipinski definition) is 0. The van der Waals surface area contributed by atoms with Crippen LogP contribution in [-0.4, -0.2) is 0 Å². The first-order valence-corrected chi connectivity index (χ1v) is 20.1. The van der Waals surface area contributed by atoms with Gasteiger partial charge < -0.3 is 0 Å². The molecule has 0 unspecified atom stereocenters. The predicted octanol–water partition coefficient (Wildman–Crippen LogP) is 8.04. The van der Waals surface area contributed by atoms with Gasteiger partial charge in [0.1, 0.15) is 46.3 Å². The van der Waals surface area contributed by atoms with Crippen LogP contribution in [0.25, 0.3) is 64.2 Å². The summed E-state index contributed by atoms with van der Waals surface area (Å²) in [5.41, 5.74) is 7.51. The molecule has 246 valence electrons. The van der Waals surface area contributed by atoms with E-state index in [1.807, 2.05) is 45.3 Å². The average molecular weight is 727 g/mol. The largest absolute Gasteiger partial charge is 0.270 e. The van der Waals surface area contributed by atoms with E-state index >= 15 is 0 Å². The van der Waals surface area contributed by atoms with Crippen LogP contribution in [0.4, 0.5) is 0 Å². The van der Waals surface area contributed by atoms with Gasteiger partial charge in [0.2, 0.25) is 22.1 Å². The minimum absolute atomic E-state index is 0.965. The summed E-state index contributed by atoms with van der Waals surface area (Å²) >= 11 is 7.33. The molecule has 0 saturated carbocycles. The molecule has 0 fully saturated rings. The van der Waals surface area contributed by atoms with Crippen molar-refractivity contribution in [2.75, 3.05) is 0 Å². The molecule has 8 heteroatoms. The van der Waals surface area contributed by atoms with Crippen LogP contribution in [0.1, 0.15) is 35.7 Å². The molecule has 0 saturated heterocycles. The fourth-order valence-corrected chi connectivity index (χ4v) is 11.0. The van der Waals surface area contributed by atoms with E-state index in [0.29, 0.717) is 0 Å². The molecular weight excluding hydrogens is 689 g/mol. The SMILES string of the molecule is C=[n+]1c(=C(C=Cc2sc3ccccc3[n+]2C)CCCCC(C=Cc2sc3ccccc3[n+]2C)=c2sc3ccccc3[n+]2=C)sc2ccccc21. The Balaban J connectivity index is 1.13. The number of benzene rings is 4. The van der Waals surface area contributed by atoms with Crippen molar-refractivity contribution in [3.05, 3.63) is 142 Å². The van der Waals surface area contributed by atoms with Crippen molar-refractivity contribution in [3.63, 3.8) is 0 Å². The van der Waals surface area contributed by atoms with Gasteiger partial charge in [0.15, 0.2) is 0 Å². The Bertz CT molecular complexity index is 2650. The average Bonchev–Trinajstić information content (AvgIpc) is 3.87. The quantitative estimate of drug-likeness (QED) is 0.106. The zero-order valence-electron chi connectivity index (χ0n) is 28.2. The first kappa shape index (κ1) is 32.6. The molecule has 0 aliphatic carbocycles. The zero-order chi connectivity index (χ0) is 34.2. The van der Waals surface area contributed by atoms with Crippen LogP contribution in [0.3, 0.4) is 0 Å². The second kappa shape index (κ2) is 14.0. The number of thiazole rings is 4. The van der Waals surface area contributed by atoms with E-state index in [2.05, 4.69) is 167 Å². The second-order valence-electron chi connectivity index (χ2n) is 12.5. The smallest absolute Gasteiger partial charge is 0.185 e. The molecule has 8 rings (SSSR count). The van der Waals surface area contributed by atoms with E-state index in [-0.39, 0.29) is 0 Å². The molecular formula is C42H38N4S4+4. The number of nitrogens with zero attached hydrogens (tertiary/aromatic N) is 4. The van der Waals surface area contributed by atoms with Gasteiger partial charge in [0.05, 0.1) is 0 Å². The third kappa shape index (κ3) is 6.18. The lowest BCUT2D eigenvalue weighted by molar-refractivity contribution is -0.642. The van der Waals surface area contributed by atoms with Gasteiger partial charge >= 0.3 is 0 Å². The molecule has 4 nitrogen and oxygen atoms in total. The molecule has 0 radical (unpaired) electrons. The van der Waals surface area contributed by atoms with Gasteiger partial charge in [-0.05, 0) is 62.1 Å². The second-order valence-corrected chi connectivity index (χ2v) is 16.7. The lowest BCUT2D eigenvalue weighted by Crippen LogP contribution is -2.32. The van der Waals surface area contributed by atoms with Crippen LogP contribution in [0, 0.1) is 13.4 Å². The minimum atomic E-state index is 0.965. The van der Waals surface area contributed by atoms with Crippen LogP contribution in [-0.2, 0) is 14.1 Å². The van der Waals surface area contributed by atoms with Gasteiger partial charge in [-0.2, -0.15) is 17.6 Å². The maximum atomic E-state index is 4.49. The fourth-order valence-electron chi connectivity index (χ4n) is 6.58. The van der Waals surface area contributed by atoms with E-state index in [4.69, 9.17) is 0 Å². The highest BCUT2D eigenvalue weighted by Crippen LogP contribution is 2.25. The zero-order valence-corrected chi connectivity index (χ0v) is 31.5. The normalized spacial score (nSPS) is 13.6. The van der Waals surface area contributed by atoms with E-state index < -0.39 is 0 Å². The summed E-state index contributed by atoms with van der Waals surface area (Å²) in [5.74, 6) is 0. The summed E-state index contributed by atoms with van der Waals surface area (Å²) in [6.07, 6.45) is 13.3. The molecule has 8 aromatic rings. The molecule has 4 aromatic heterocycles. The van der Waals surface area contributed by atoms with Crippen LogP contribution < -0.4 is 26.9 Å². The van der Waals surface area contributed by atoms with Gasteiger partial charge in [0.25, 0.3) is 19.3 Å². The van der Waals surface area contributed by atoms with E-state index in [9.17, 15) is 0 Å². The molecule has 50 heavy (non-hydrogen) atoms. The highest BCUT2D eigenvalue weighted by atomic mass is 32.1. The summed E-state index contributed by atoms with van der Waals surface area (Å²) in [4.78, 5) is 0. The van der Waals surface area contributed by atoms with E-state index in [1.54, 1.807) is 0 Å². The minimum Gasteiger partial charge on any atom is -0.185 e. The molecule has 4 aromatic carbocycles. The summed E-state index contributed by atoms with van der Waals surface area (Å²) in [5, 5.41) is 2.47. The molecule has 0 bridgehead atoms. The van der Waals surface area contributed by atoms with Crippen LogP contribution in [0.15, 0.2) is 109 Å². The Labute approximate surface area is 307 Å². The number of aromatic nitrogens is 4. The lowest BCUT2D eigenvalue weighted by atomic mass is 10.0. The van der Waals surface area contributed by atoms with Gasteiger partial charge in [0, 0.05) is 47.6 Å². The Morgan fingerprint density at radius 2 is 0.840 bits per heavy atom. The van der Waals surface area contributed by atoms with Crippen LogP contribution >= 0.6 is 45.3 Å². The van der Waals surface area contributed by atoms with Crippen molar-refractivity contribution in [2.24, 2.45) is 14.1 Å². The van der Waals surface area contributed by atoms with Crippen LogP contribution in [0.2, 0.25) is 0 Å². The number of fused-ring (bicyclic) bond motifs is 4. The summed E-state index contributed by atoms with van der Waals surface area (Å²) in [6, 6.07) is 34.4. The highest BCUT2D eigenvalue weighted by molar-refractivity contribution is 7.19. The number of aryl methyl sites for hydroxylation is 2. The van der Waals surface area contributed by atoms with Crippen molar-refractivity contribution in [1.29, 1.82) is 0 Å². The standard InChI is InChI=1S/C42H38N4S4/c1-43-31-17-7-11-21-35(31)47-39(43)27-25-29(41-45(3)33-19-9-13-23-37(33)49-41)15-5-6-16-30(42-46(4)34-20-10-14-24-38(34)50-42)26-28-40-44(2)32-18-8-12-22-36(32)48-40/h7-14,17-28H,3-6,15-16H2,1-2H3/q+4. The Kier molecular flexibility index (Phi) is 9.10. The van der Waals surface area contributed by atoms with Crippen molar-refractivity contribution >= 4 is 110 Å². The summed E-state index contributed by atoms with van der Waals surface area (Å²) in [6.45, 7) is 8.97. The van der Waals surface area contributed by atoms with Crippen molar-refractivity contribution in [1.82, 2.24) is 0 Å². The maximum Gasteiger partial charge on any atom is 0.270 e. The van der Waals surface area contributed by atoms with Crippen molar-refractivity contribution < 1.29 is 17.6 Å². The Morgan fingerprint density at radius 3 is 1.20 bits per heavy atom. The van der Waals surface area contributed by atoms with Gasteiger partial charge in [-0.1, -0.05) is 93.9 Å². The van der Waals surface area contributed by atoms with E-state index in [0.717, 1.165) is 25.7 Å². The van der Waals surface area contributed by atoms with Crippen LogP contribution in [0.5, 0.6) is 0 Å². The van der Waals surface area contributed by atoms with Gasteiger partial charge in [-0.15, -0.1) is 0 Å². The fraction of sp³-hybridized carbons (Fsp3) is 0.143. The highest BCUT2D eigenvalue weighted by Gasteiger charge is 2.18. The van der Waals surface area contributed by atoms with Crippen molar-refractivity contribution in [2.45, 2.75) is 25.7 Å². The Hall–Kier alpha value is -4.60. The lowest BCUT2D eigenvalue weighted by Gasteiger charge is -2.01. The molecule has 4 heterocycles. The number of unbranched alkanes of at least 4 members (excludes halogenated alkanes) is 1. The molecule has 0 aliphatic heterocycles.